The molecule has 0 aromatic heterocycles. The molecule has 0 saturated carbocycles. The number of hydrogen-bond donors (Lipinski definition) is 1. The summed E-state index contributed by atoms with van der Waals surface area (Å²) in [5.74, 6) is -0.693. The van der Waals surface area contributed by atoms with Gasteiger partial charge in [-0.2, -0.15) is 5.26 Å². The zero-order valence-corrected chi connectivity index (χ0v) is 10.4. The van der Waals surface area contributed by atoms with Gasteiger partial charge in [0.2, 0.25) is 5.91 Å². The summed E-state index contributed by atoms with van der Waals surface area (Å²) in [5, 5.41) is 11.7. The molecule has 0 aliphatic carbocycles. The minimum atomic E-state index is -0.524. The van der Waals surface area contributed by atoms with Crippen molar-refractivity contribution in [1.29, 1.82) is 5.26 Å². The minimum absolute atomic E-state index is 0.169. The van der Waals surface area contributed by atoms with Crippen LogP contribution in [0.1, 0.15) is 30.9 Å². The zero-order valence-electron chi connectivity index (χ0n) is 10.4. The van der Waals surface area contributed by atoms with Crippen LogP contribution in [0.15, 0.2) is 24.3 Å². The quantitative estimate of drug-likeness (QED) is 0.845. The van der Waals surface area contributed by atoms with Crippen molar-refractivity contribution < 1.29 is 4.79 Å². The summed E-state index contributed by atoms with van der Waals surface area (Å²) in [6.45, 7) is 4.47. The molecule has 1 aromatic carbocycles. The van der Waals surface area contributed by atoms with Crippen molar-refractivity contribution in [3.63, 3.8) is 0 Å². The molecule has 1 N–H and O–H groups in total. The molecule has 0 aliphatic heterocycles. The number of amides is 1. The van der Waals surface area contributed by atoms with Crippen LogP contribution in [0.25, 0.3) is 0 Å². The van der Waals surface area contributed by atoms with Gasteiger partial charge in [-0.3, -0.25) is 4.79 Å². The lowest BCUT2D eigenvalue weighted by atomic mass is 10.0. The van der Waals surface area contributed by atoms with E-state index in [0.29, 0.717) is 13.0 Å². The molecule has 0 fully saturated rings. The van der Waals surface area contributed by atoms with Gasteiger partial charge in [0.1, 0.15) is 5.92 Å². The Hall–Kier alpha value is -1.82. The van der Waals surface area contributed by atoms with E-state index in [1.165, 1.54) is 0 Å². The Morgan fingerprint density at radius 1 is 1.47 bits per heavy atom. The Morgan fingerprint density at radius 3 is 2.76 bits per heavy atom. The molecule has 17 heavy (non-hydrogen) atoms. The molecule has 90 valence electrons. The van der Waals surface area contributed by atoms with Gasteiger partial charge in [-0.15, -0.1) is 0 Å². The van der Waals surface area contributed by atoms with Gasteiger partial charge in [0.05, 0.1) is 6.07 Å². The van der Waals surface area contributed by atoms with E-state index in [1.807, 2.05) is 44.2 Å². The molecular weight excluding hydrogens is 212 g/mol. The molecule has 0 bridgehead atoms. The van der Waals surface area contributed by atoms with Gasteiger partial charge >= 0.3 is 0 Å². The molecule has 3 heteroatoms. The van der Waals surface area contributed by atoms with E-state index in [9.17, 15) is 4.79 Å². The second kappa shape index (κ2) is 6.70. The Morgan fingerprint density at radius 2 is 2.18 bits per heavy atom. The standard InChI is InChI=1S/C14H18N2O/c1-3-6-12(9-15)14(17)16-10-13-8-5-4-7-11(13)2/h4-5,7-8,12H,3,6,10H2,1-2H3,(H,16,17). The predicted molar refractivity (Wildman–Crippen MR) is 67.0 cm³/mol. The lowest BCUT2D eigenvalue weighted by Gasteiger charge is -2.10. The van der Waals surface area contributed by atoms with E-state index in [1.54, 1.807) is 0 Å². The highest BCUT2D eigenvalue weighted by Gasteiger charge is 2.16. The number of nitrogens with zero attached hydrogens (tertiary/aromatic N) is 1. The van der Waals surface area contributed by atoms with E-state index in [2.05, 4.69) is 5.32 Å². The Kier molecular flexibility index (Phi) is 5.22. The summed E-state index contributed by atoms with van der Waals surface area (Å²) in [6, 6.07) is 9.95. The molecule has 1 atom stereocenters. The van der Waals surface area contributed by atoms with Crippen molar-refractivity contribution in [2.75, 3.05) is 0 Å². The van der Waals surface area contributed by atoms with E-state index in [-0.39, 0.29) is 5.91 Å². The summed E-state index contributed by atoms with van der Waals surface area (Å²) in [6.07, 6.45) is 1.46. The molecular formula is C14H18N2O. The van der Waals surface area contributed by atoms with Crippen LogP contribution >= 0.6 is 0 Å². The molecule has 0 radical (unpaired) electrons. The number of rotatable bonds is 5. The lowest BCUT2D eigenvalue weighted by molar-refractivity contribution is -0.123. The lowest BCUT2D eigenvalue weighted by Crippen LogP contribution is -2.29. The Bertz CT molecular complexity index is 420. The molecule has 3 nitrogen and oxygen atoms in total. The summed E-state index contributed by atoms with van der Waals surface area (Å²) >= 11 is 0. The van der Waals surface area contributed by atoms with Crippen LogP contribution in [-0.2, 0) is 11.3 Å². The van der Waals surface area contributed by atoms with Crippen LogP contribution in [0.2, 0.25) is 0 Å². The first-order valence-electron chi connectivity index (χ1n) is 5.90. The Balaban J connectivity index is 2.54. The highest BCUT2D eigenvalue weighted by molar-refractivity contribution is 5.80. The number of nitrogens with one attached hydrogen (secondary N) is 1. The van der Waals surface area contributed by atoms with Crippen molar-refractivity contribution in [3.8, 4) is 6.07 Å². The summed E-state index contributed by atoms with van der Waals surface area (Å²) in [7, 11) is 0. The molecule has 0 spiro atoms. The summed E-state index contributed by atoms with van der Waals surface area (Å²) in [4.78, 5) is 11.7. The van der Waals surface area contributed by atoms with Crippen molar-refractivity contribution in [2.24, 2.45) is 5.92 Å². The highest BCUT2D eigenvalue weighted by Crippen LogP contribution is 2.08. The number of carbonyl (C=O) groups is 1. The fourth-order valence-corrected chi connectivity index (χ4v) is 1.66. The number of hydrogen-bond acceptors (Lipinski definition) is 2. The van der Waals surface area contributed by atoms with Gasteiger partial charge < -0.3 is 5.32 Å². The first-order chi connectivity index (χ1) is 8.19. The van der Waals surface area contributed by atoms with E-state index in [0.717, 1.165) is 17.5 Å². The Labute approximate surface area is 102 Å². The first kappa shape index (κ1) is 13.2. The van der Waals surface area contributed by atoms with Gasteiger partial charge in [0, 0.05) is 6.54 Å². The first-order valence-corrected chi connectivity index (χ1v) is 5.90. The molecule has 1 amide bonds. The normalized spacial score (nSPS) is 11.6. The van der Waals surface area contributed by atoms with Crippen LogP contribution in [0.4, 0.5) is 0 Å². The van der Waals surface area contributed by atoms with Crippen LogP contribution in [0.3, 0.4) is 0 Å². The molecule has 1 unspecified atom stereocenters. The van der Waals surface area contributed by atoms with Crippen LogP contribution in [-0.4, -0.2) is 5.91 Å². The number of carbonyl (C=O) groups excluding carboxylic acids is 1. The van der Waals surface area contributed by atoms with E-state index < -0.39 is 5.92 Å². The van der Waals surface area contributed by atoms with E-state index >= 15 is 0 Å². The monoisotopic (exact) mass is 230 g/mol. The molecule has 1 rings (SSSR count). The molecule has 0 heterocycles. The third kappa shape index (κ3) is 3.92. The largest absolute Gasteiger partial charge is 0.351 e. The third-order valence-electron chi connectivity index (χ3n) is 2.76. The van der Waals surface area contributed by atoms with Gasteiger partial charge in [-0.05, 0) is 24.5 Å². The number of benzene rings is 1. The molecule has 1 aromatic rings. The molecule has 0 saturated heterocycles. The van der Waals surface area contributed by atoms with Gasteiger partial charge in [-0.1, -0.05) is 37.6 Å². The summed E-state index contributed by atoms with van der Waals surface area (Å²) < 4.78 is 0. The average molecular weight is 230 g/mol. The molecule has 0 aliphatic rings. The van der Waals surface area contributed by atoms with Gasteiger partial charge in [0.25, 0.3) is 0 Å². The summed E-state index contributed by atoms with van der Waals surface area (Å²) in [5.41, 5.74) is 2.24. The van der Waals surface area contributed by atoms with Crippen molar-refractivity contribution >= 4 is 5.91 Å². The second-order valence-electron chi connectivity index (χ2n) is 4.11. The highest BCUT2D eigenvalue weighted by atomic mass is 16.1. The average Bonchev–Trinajstić information content (AvgIpc) is 2.34. The van der Waals surface area contributed by atoms with Crippen LogP contribution in [0, 0.1) is 24.2 Å². The third-order valence-corrected chi connectivity index (χ3v) is 2.76. The number of nitriles is 1. The fraction of sp³-hybridized carbons (Fsp3) is 0.429. The SMILES string of the molecule is CCCC(C#N)C(=O)NCc1ccccc1C. The maximum Gasteiger partial charge on any atom is 0.237 e. The topological polar surface area (TPSA) is 52.9 Å². The van der Waals surface area contributed by atoms with Crippen LogP contribution < -0.4 is 5.32 Å². The fourth-order valence-electron chi connectivity index (χ4n) is 1.66. The van der Waals surface area contributed by atoms with E-state index in [4.69, 9.17) is 5.26 Å². The van der Waals surface area contributed by atoms with Gasteiger partial charge in [-0.25, -0.2) is 0 Å². The van der Waals surface area contributed by atoms with Crippen molar-refractivity contribution in [3.05, 3.63) is 35.4 Å². The smallest absolute Gasteiger partial charge is 0.237 e. The number of aryl methyl sites for hydroxylation is 1. The predicted octanol–water partition coefficient (Wildman–Crippen LogP) is 2.55. The van der Waals surface area contributed by atoms with Crippen molar-refractivity contribution in [1.82, 2.24) is 5.32 Å². The van der Waals surface area contributed by atoms with Crippen molar-refractivity contribution in [2.45, 2.75) is 33.2 Å². The second-order valence-corrected chi connectivity index (χ2v) is 4.11. The zero-order chi connectivity index (χ0) is 12.7. The maximum absolute atomic E-state index is 11.7. The van der Waals surface area contributed by atoms with Gasteiger partial charge in [0.15, 0.2) is 0 Å². The maximum atomic E-state index is 11.7. The minimum Gasteiger partial charge on any atom is -0.351 e. The van der Waals surface area contributed by atoms with Crippen LogP contribution in [0.5, 0.6) is 0 Å².